The van der Waals surface area contributed by atoms with Crippen LogP contribution in [0.15, 0.2) is 52.3 Å². The molecule has 0 aliphatic rings. The number of rotatable bonds is 7. The molecule has 29 heavy (non-hydrogen) atoms. The first-order valence-electron chi connectivity index (χ1n) is 9.14. The van der Waals surface area contributed by atoms with Crippen molar-refractivity contribution in [3.63, 3.8) is 0 Å². The molecule has 4 rings (SSSR count). The summed E-state index contributed by atoms with van der Waals surface area (Å²) in [5, 5.41) is 14.0. The highest BCUT2D eigenvalue weighted by Crippen LogP contribution is 2.31. The van der Waals surface area contributed by atoms with Crippen molar-refractivity contribution in [2.24, 2.45) is 5.92 Å². The number of hydrogen-bond donors (Lipinski definition) is 1. The number of para-hydroxylation sites is 1. The maximum atomic E-state index is 12.9. The van der Waals surface area contributed by atoms with Gasteiger partial charge in [-0.3, -0.25) is 10.1 Å². The number of carbonyl (C=O) groups excluding carboxylic acids is 1. The van der Waals surface area contributed by atoms with E-state index in [1.807, 2.05) is 24.3 Å². The summed E-state index contributed by atoms with van der Waals surface area (Å²) in [6.45, 7) is 4.24. The number of fused-ring (bicyclic) bond motifs is 1. The molecule has 4 aromatic rings. The SMILES string of the molecule is CC(C)Cc1nnc(NC(=O)c2oc3ccccc3c2CSc2ncccn2)s1. The molecule has 9 heteroatoms. The Labute approximate surface area is 176 Å². The second-order valence-corrected chi connectivity index (χ2v) is 8.78. The Hall–Kier alpha value is -2.78. The van der Waals surface area contributed by atoms with Gasteiger partial charge in [0, 0.05) is 35.5 Å². The number of furan rings is 1. The van der Waals surface area contributed by atoms with Crippen LogP contribution in [0.2, 0.25) is 0 Å². The highest BCUT2D eigenvalue weighted by atomic mass is 32.2. The van der Waals surface area contributed by atoms with Crippen LogP contribution in [0, 0.1) is 5.92 Å². The number of nitrogens with one attached hydrogen (secondary N) is 1. The molecular weight excluding hydrogens is 406 g/mol. The molecule has 1 aromatic carbocycles. The van der Waals surface area contributed by atoms with Gasteiger partial charge in [0.25, 0.3) is 5.91 Å². The second kappa shape index (κ2) is 8.71. The van der Waals surface area contributed by atoms with Crippen molar-refractivity contribution in [2.45, 2.75) is 31.2 Å². The summed E-state index contributed by atoms with van der Waals surface area (Å²) in [5.74, 6) is 0.928. The Bertz CT molecular complexity index is 1120. The van der Waals surface area contributed by atoms with Crippen molar-refractivity contribution in [2.75, 3.05) is 5.32 Å². The molecule has 0 atom stereocenters. The number of benzene rings is 1. The molecule has 0 aliphatic carbocycles. The van der Waals surface area contributed by atoms with Crippen molar-refractivity contribution in [1.29, 1.82) is 0 Å². The predicted molar refractivity (Wildman–Crippen MR) is 114 cm³/mol. The van der Waals surface area contributed by atoms with Crippen molar-refractivity contribution < 1.29 is 9.21 Å². The third kappa shape index (κ3) is 4.63. The van der Waals surface area contributed by atoms with Gasteiger partial charge in [0.2, 0.25) is 5.13 Å². The van der Waals surface area contributed by atoms with E-state index in [4.69, 9.17) is 4.42 Å². The Kier molecular flexibility index (Phi) is 5.86. The zero-order chi connectivity index (χ0) is 20.2. The average molecular weight is 426 g/mol. The van der Waals surface area contributed by atoms with E-state index in [1.165, 1.54) is 23.1 Å². The molecular formula is C20H19N5O2S2. The fourth-order valence-electron chi connectivity index (χ4n) is 2.81. The maximum absolute atomic E-state index is 12.9. The first-order valence-corrected chi connectivity index (χ1v) is 10.9. The van der Waals surface area contributed by atoms with Crippen LogP contribution in [0.5, 0.6) is 0 Å². The molecule has 0 aliphatic heterocycles. The lowest BCUT2D eigenvalue weighted by Gasteiger charge is -2.03. The number of nitrogens with zero attached hydrogens (tertiary/aromatic N) is 4. The van der Waals surface area contributed by atoms with Gasteiger partial charge in [-0.25, -0.2) is 9.97 Å². The van der Waals surface area contributed by atoms with Gasteiger partial charge in [0.1, 0.15) is 10.6 Å². The Morgan fingerprint density at radius 3 is 2.76 bits per heavy atom. The summed E-state index contributed by atoms with van der Waals surface area (Å²) in [6.07, 6.45) is 4.22. The fraction of sp³-hybridized carbons (Fsp3) is 0.250. The van der Waals surface area contributed by atoms with Gasteiger partial charge in [0.15, 0.2) is 10.9 Å². The van der Waals surface area contributed by atoms with Crippen LogP contribution in [0.3, 0.4) is 0 Å². The molecule has 0 saturated carbocycles. The minimum absolute atomic E-state index is 0.273. The third-order valence-corrected chi connectivity index (χ3v) is 5.83. The van der Waals surface area contributed by atoms with Crippen LogP contribution in [0.1, 0.15) is 35.0 Å². The van der Waals surface area contributed by atoms with E-state index >= 15 is 0 Å². The number of hydrogen-bond acceptors (Lipinski definition) is 8. The number of thioether (sulfide) groups is 1. The molecule has 0 saturated heterocycles. The first kappa shape index (κ1) is 19.5. The molecule has 0 bridgehead atoms. The zero-order valence-electron chi connectivity index (χ0n) is 16.0. The number of anilines is 1. The van der Waals surface area contributed by atoms with E-state index in [9.17, 15) is 4.79 Å². The van der Waals surface area contributed by atoms with Crippen molar-refractivity contribution in [3.05, 3.63) is 59.1 Å². The molecule has 3 heterocycles. The highest BCUT2D eigenvalue weighted by Gasteiger charge is 2.22. The van der Waals surface area contributed by atoms with E-state index in [0.29, 0.717) is 27.5 Å². The van der Waals surface area contributed by atoms with E-state index in [-0.39, 0.29) is 11.7 Å². The van der Waals surface area contributed by atoms with Gasteiger partial charge in [-0.15, -0.1) is 10.2 Å². The zero-order valence-corrected chi connectivity index (χ0v) is 17.6. The van der Waals surface area contributed by atoms with Crippen LogP contribution in [-0.2, 0) is 12.2 Å². The van der Waals surface area contributed by atoms with Crippen molar-refractivity contribution >= 4 is 45.1 Å². The number of amides is 1. The van der Waals surface area contributed by atoms with E-state index in [1.54, 1.807) is 18.5 Å². The summed E-state index contributed by atoms with van der Waals surface area (Å²) < 4.78 is 5.88. The van der Waals surface area contributed by atoms with E-state index < -0.39 is 0 Å². The standard InChI is InChI=1S/C20H19N5O2S2/c1-12(2)10-16-24-25-20(29-16)23-18(26)17-14(11-28-19-21-8-5-9-22-19)13-6-3-4-7-15(13)27-17/h3-9,12H,10-11H2,1-2H3,(H,23,25,26). The Morgan fingerprint density at radius 2 is 1.97 bits per heavy atom. The first-order chi connectivity index (χ1) is 14.1. The monoisotopic (exact) mass is 425 g/mol. The van der Waals surface area contributed by atoms with Crippen LogP contribution in [-0.4, -0.2) is 26.1 Å². The van der Waals surface area contributed by atoms with E-state index in [2.05, 4.69) is 39.3 Å². The highest BCUT2D eigenvalue weighted by molar-refractivity contribution is 7.98. The summed E-state index contributed by atoms with van der Waals surface area (Å²) in [4.78, 5) is 21.4. The molecule has 0 radical (unpaired) electrons. The van der Waals surface area contributed by atoms with Crippen LogP contribution in [0.4, 0.5) is 5.13 Å². The van der Waals surface area contributed by atoms with Gasteiger partial charge in [-0.2, -0.15) is 0 Å². The topological polar surface area (TPSA) is 93.8 Å². The number of carbonyl (C=O) groups is 1. The van der Waals surface area contributed by atoms with E-state index in [0.717, 1.165) is 22.4 Å². The smallest absolute Gasteiger partial charge is 0.293 e. The average Bonchev–Trinajstić information content (AvgIpc) is 3.30. The lowest BCUT2D eigenvalue weighted by atomic mass is 10.1. The van der Waals surface area contributed by atoms with Gasteiger partial charge in [-0.05, 0) is 18.1 Å². The molecule has 148 valence electrons. The normalized spacial score (nSPS) is 11.3. The second-order valence-electron chi connectivity index (χ2n) is 6.78. The van der Waals surface area contributed by atoms with Gasteiger partial charge in [-0.1, -0.05) is 55.1 Å². The molecule has 0 unspecified atom stereocenters. The Morgan fingerprint density at radius 1 is 1.17 bits per heavy atom. The van der Waals surface area contributed by atoms with Crippen molar-refractivity contribution in [3.8, 4) is 0 Å². The summed E-state index contributed by atoms with van der Waals surface area (Å²) in [5.41, 5.74) is 1.47. The van der Waals surface area contributed by atoms with Crippen LogP contribution >= 0.6 is 23.1 Å². The molecule has 0 fully saturated rings. The molecule has 1 amide bonds. The predicted octanol–water partition coefficient (Wildman–Crippen LogP) is 4.82. The number of aromatic nitrogens is 4. The summed E-state index contributed by atoms with van der Waals surface area (Å²) >= 11 is 2.84. The van der Waals surface area contributed by atoms with Gasteiger partial charge < -0.3 is 4.42 Å². The lowest BCUT2D eigenvalue weighted by Crippen LogP contribution is -2.12. The minimum atomic E-state index is -0.335. The quantitative estimate of drug-likeness (QED) is 0.335. The summed E-state index contributed by atoms with van der Waals surface area (Å²) in [6, 6.07) is 9.38. The van der Waals surface area contributed by atoms with Gasteiger partial charge in [0.05, 0.1) is 0 Å². The molecule has 3 aromatic heterocycles. The lowest BCUT2D eigenvalue weighted by molar-refractivity contribution is 0.0997. The maximum Gasteiger partial charge on any atom is 0.293 e. The van der Waals surface area contributed by atoms with Crippen LogP contribution in [0.25, 0.3) is 11.0 Å². The van der Waals surface area contributed by atoms with Crippen LogP contribution < -0.4 is 5.32 Å². The largest absolute Gasteiger partial charge is 0.451 e. The summed E-state index contributed by atoms with van der Waals surface area (Å²) in [7, 11) is 0. The fourth-order valence-corrected chi connectivity index (χ4v) is 4.59. The minimum Gasteiger partial charge on any atom is -0.451 e. The molecule has 1 N–H and O–H groups in total. The van der Waals surface area contributed by atoms with Crippen molar-refractivity contribution in [1.82, 2.24) is 20.2 Å². The van der Waals surface area contributed by atoms with Gasteiger partial charge >= 0.3 is 0 Å². The Balaban J connectivity index is 1.58. The molecule has 0 spiro atoms. The third-order valence-electron chi connectivity index (χ3n) is 4.06. The molecule has 7 nitrogen and oxygen atoms in total.